The zero-order valence-corrected chi connectivity index (χ0v) is 18.3. The van der Waals surface area contributed by atoms with Gasteiger partial charge >= 0.3 is 0 Å². The monoisotopic (exact) mass is 389 g/mol. The average Bonchev–Trinajstić information content (AvgIpc) is 2.55. The van der Waals surface area contributed by atoms with Gasteiger partial charge in [-0.3, -0.25) is 0 Å². The minimum atomic E-state index is -1.75. The third kappa shape index (κ3) is 6.34. The summed E-state index contributed by atoms with van der Waals surface area (Å²) in [6, 6.07) is 9.04. The fraction of sp³-hybridized carbons (Fsp3) is 0.684. The molecule has 138 valence electrons. The average molecular weight is 390 g/mol. The summed E-state index contributed by atoms with van der Waals surface area (Å²) in [6.07, 6.45) is 1.07. The highest BCUT2D eigenvalue weighted by molar-refractivity contribution is 6.73. The Morgan fingerprint density at radius 1 is 1.04 bits per heavy atom. The molecule has 1 atom stereocenters. The van der Waals surface area contributed by atoms with Crippen LogP contribution in [-0.2, 0) is 4.43 Å². The maximum Gasteiger partial charge on any atom is 0.192 e. The maximum absolute atomic E-state index is 6.75. The second kappa shape index (κ2) is 10.8. The van der Waals surface area contributed by atoms with Gasteiger partial charge in [0.05, 0.1) is 6.10 Å². The van der Waals surface area contributed by atoms with Crippen LogP contribution in [0.2, 0.25) is 28.2 Å². The van der Waals surface area contributed by atoms with E-state index >= 15 is 0 Å². The van der Waals surface area contributed by atoms with Gasteiger partial charge in [-0.25, -0.2) is 0 Å². The van der Waals surface area contributed by atoms with Gasteiger partial charge in [-0.1, -0.05) is 63.9 Å². The molecule has 5 heteroatoms. The Hall–Kier alpha value is -0.0631. The normalized spacial score (nSPS) is 13.5. The van der Waals surface area contributed by atoms with Crippen molar-refractivity contribution in [3.05, 3.63) is 33.8 Å². The standard InChI is InChI=1S/C19H33Cl2NOSi/c1-6-24(7-2,8-3)23-18(14-22-13-12-15(4)5)19-16(20)10-9-11-17(19)21/h9-11,15,18,22H,6-8,12-14H2,1-5H3. The number of nitrogens with one attached hydrogen (secondary N) is 1. The van der Waals surface area contributed by atoms with Crippen molar-refractivity contribution in [3.63, 3.8) is 0 Å². The Morgan fingerprint density at radius 3 is 2.04 bits per heavy atom. The Labute approximate surface area is 159 Å². The lowest BCUT2D eigenvalue weighted by Crippen LogP contribution is -2.40. The van der Waals surface area contributed by atoms with E-state index in [0.29, 0.717) is 16.0 Å². The molecule has 0 aliphatic heterocycles. The van der Waals surface area contributed by atoms with Gasteiger partial charge in [0.2, 0.25) is 0 Å². The maximum atomic E-state index is 6.75. The summed E-state index contributed by atoms with van der Waals surface area (Å²) >= 11 is 12.9. The molecule has 1 rings (SSSR count). The molecule has 0 saturated heterocycles. The van der Waals surface area contributed by atoms with Gasteiger partial charge in [0.15, 0.2) is 8.32 Å². The molecule has 1 N–H and O–H groups in total. The molecule has 0 radical (unpaired) electrons. The van der Waals surface area contributed by atoms with E-state index in [1.807, 2.05) is 18.2 Å². The van der Waals surface area contributed by atoms with Gasteiger partial charge in [-0.15, -0.1) is 0 Å². The van der Waals surface area contributed by atoms with Crippen LogP contribution in [0.3, 0.4) is 0 Å². The Bertz CT molecular complexity index is 464. The van der Waals surface area contributed by atoms with Crippen molar-refractivity contribution in [2.45, 2.75) is 65.3 Å². The van der Waals surface area contributed by atoms with Crippen LogP contribution in [0.5, 0.6) is 0 Å². The minimum Gasteiger partial charge on any atom is -0.409 e. The first-order chi connectivity index (χ1) is 11.4. The highest BCUT2D eigenvalue weighted by Gasteiger charge is 2.33. The van der Waals surface area contributed by atoms with Crippen LogP contribution in [0.1, 0.15) is 52.7 Å². The first kappa shape index (κ1) is 22.0. The first-order valence-electron chi connectivity index (χ1n) is 9.21. The first-order valence-corrected chi connectivity index (χ1v) is 12.5. The quantitative estimate of drug-likeness (QED) is 0.336. The molecule has 0 heterocycles. The Balaban J connectivity index is 2.99. The molecule has 0 aliphatic rings. The van der Waals surface area contributed by atoms with Gasteiger partial charge in [0.1, 0.15) is 0 Å². The molecule has 0 spiro atoms. The molecule has 1 unspecified atom stereocenters. The second-order valence-electron chi connectivity index (χ2n) is 6.87. The second-order valence-corrected chi connectivity index (χ2v) is 12.4. The van der Waals surface area contributed by atoms with Gasteiger partial charge < -0.3 is 9.74 Å². The number of hydrogen-bond acceptors (Lipinski definition) is 2. The van der Waals surface area contributed by atoms with Crippen LogP contribution < -0.4 is 5.32 Å². The van der Waals surface area contributed by atoms with E-state index in [9.17, 15) is 0 Å². The lowest BCUT2D eigenvalue weighted by atomic mass is 10.1. The topological polar surface area (TPSA) is 21.3 Å². The van der Waals surface area contributed by atoms with Crippen LogP contribution in [0.15, 0.2) is 18.2 Å². The van der Waals surface area contributed by atoms with E-state index in [1.54, 1.807) is 0 Å². The Kier molecular flexibility index (Phi) is 9.91. The molecule has 1 aromatic rings. The Morgan fingerprint density at radius 2 is 1.58 bits per heavy atom. The molecule has 2 nitrogen and oxygen atoms in total. The fourth-order valence-corrected chi connectivity index (χ4v) is 6.39. The number of rotatable bonds is 11. The van der Waals surface area contributed by atoms with Crippen LogP contribution in [0, 0.1) is 5.92 Å². The summed E-state index contributed by atoms with van der Waals surface area (Å²) in [6.45, 7) is 13.0. The van der Waals surface area contributed by atoms with Crippen molar-refractivity contribution in [3.8, 4) is 0 Å². The van der Waals surface area contributed by atoms with Gasteiger partial charge in [-0.05, 0) is 49.1 Å². The summed E-state index contributed by atoms with van der Waals surface area (Å²) in [5.41, 5.74) is 0.935. The van der Waals surface area contributed by atoms with Crippen molar-refractivity contribution < 1.29 is 4.43 Å². The van der Waals surface area contributed by atoms with Crippen molar-refractivity contribution >= 4 is 31.5 Å². The van der Waals surface area contributed by atoms with Crippen LogP contribution >= 0.6 is 23.2 Å². The number of benzene rings is 1. The third-order valence-corrected chi connectivity index (χ3v) is 10.2. The number of halogens is 2. The minimum absolute atomic E-state index is 0.0788. The molecule has 24 heavy (non-hydrogen) atoms. The van der Waals surface area contributed by atoms with Crippen molar-refractivity contribution in [2.75, 3.05) is 13.1 Å². The van der Waals surface area contributed by atoms with Gasteiger partial charge in [0, 0.05) is 22.2 Å². The van der Waals surface area contributed by atoms with E-state index in [1.165, 1.54) is 0 Å². The van der Waals surface area contributed by atoms with E-state index in [2.05, 4.69) is 39.9 Å². The van der Waals surface area contributed by atoms with E-state index in [4.69, 9.17) is 27.6 Å². The van der Waals surface area contributed by atoms with Crippen molar-refractivity contribution in [2.24, 2.45) is 5.92 Å². The predicted molar refractivity (Wildman–Crippen MR) is 110 cm³/mol. The molecule has 0 fully saturated rings. The fourth-order valence-electron chi connectivity index (χ4n) is 2.95. The lowest BCUT2D eigenvalue weighted by molar-refractivity contribution is 0.186. The smallest absolute Gasteiger partial charge is 0.192 e. The SMILES string of the molecule is CC[Si](CC)(CC)OC(CNCCC(C)C)c1c(Cl)cccc1Cl. The highest BCUT2D eigenvalue weighted by Crippen LogP contribution is 2.36. The summed E-state index contributed by atoms with van der Waals surface area (Å²) in [4.78, 5) is 0. The molecule has 0 aliphatic carbocycles. The summed E-state index contributed by atoms with van der Waals surface area (Å²) in [5, 5.41) is 4.94. The number of hydrogen-bond donors (Lipinski definition) is 1. The molecular formula is C19H33Cl2NOSi. The molecule has 0 bridgehead atoms. The summed E-state index contributed by atoms with van der Waals surface area (Å²) < 4.78 is 6.75. The van der Waals surface area contributed by atoms with E-state index in [0.717, 1.165) is 43.2 Å². The van der Waals surface area contributed by atoms with Crippen molar-refractivity contribution in [1.82, 2.24) is 5.32 Å². The largest absolute Gasteiger partial charge is 0.409 e. The lowest BCUT2D eigenvalue weighted by Gasteiger charge is -2.34. The zero-order valence-electron chi connectivity index (χ0n) is 15.8. The summed E-state index contributed by atoms with van der Waals surface area (Å²) in [7, 11) is -1.75. The molecule has 0 saturated carbocycles. The van der Waals surface area contributed by atoms with E-state index < -0.39 is 8.32 Å². The van der Waals surface area contributed by atoms with Crippen molar-refractivity contribution in [1.29, 1.82) is 0 Å². The van der Waals surface area contributed by atoms with Crippen LogP contribution in [0.4, 0.5) is 0 Å². The predicted octanol–water partition coefficient (Wildman–Crippen LogP) is 6.69. The highest BCUT2D eigenvalue weighted by atomic mass is 35.5. The van der Waals surface area contributed by atoms with Crippen LogP contribution in [-0.4, -0.2) is 21.4 Å². The molecule has 0 amide bonds. The summed E-state index contributed by atoms with van der Waals surface area (Å²) in [5.74, 6) is 0.691. The molecule has 1 aromatic carbocycles. The zero-order chi connectivity index (χ0) is 18.2. The molecule has 0 aromatic heterocycles. The third-order valence-electron chi connectivity index (χ3n) is 4.88. The molecular weight excluding hydrogens is 357 g/mol. The van der Waals surface area contributed by atoms with E-state index in [-0.39, 0.29) is 6.10 Å². The van der Waals surface area contributed by atoms with Crippen LogP contribution in [0.25, 0.3) is 0 Å². The van der Waals surface area contributed by atoms with Gasteiger partial charge in [0.25, 0.3) is 0 Å². The van der Waals surface area contributed by atoms with Gasteiger partial charge in [-0.2, -0.15) is 0 Å².